The summed E-state index contributed by atoms with van der Waals surface area (Å²) in [5.74, 6) is 0.145. The van der Waals surface area contributed by atoms with Crippen LogP contribution in [0.3, 0.4) is 0 Å². The minimum atomic E-state index is -0.976. The van der Waals surface area contributed by atoms with Crippen molar-refractivity contribution in [3.63, 3.8) is 0 Å². The van der Waals surface area contributed by atoms with E-state index in [4.69, 9.17) is 24.1 Å². The average Bonchev–Trinajstić information content (AvgIpc) is 4.26. The molecule has 4 saturated heterocycles. The van der Waals surface area contributed by atoms with E-state index in [1.165, 1.54) is 16.5 Å². The first-order chi connectivity index (χ1) is 37.5. The number of carbonyl (C=O) groups is 2. The van der Waals surface area contributed by atoms with Gasteiger partial charge in [0.05, 0.1) is 17.5 Å². The number of likely N-dealkylation sites (tertiary alicyclic amines) is 2. The molecule has 18 nitrogen and oxygen atoms in total. The Morgan fingerprint density at radius 2 is 1.53 bits per heavy atom. The van der Waals surface area contributed by atoms with Crippen molar-refractivity contribution < 1.29 is 38.3 Å². The van der Waals surface area contributed by atoms with Crippen LogP contribution in [0.15, 0.2) is 108 Å². The number of piperazine rings is 1. The van der Waals surface area contributed by atoms with Gasteiger partial charge in [-0.25, -0.2) is 14.4 Å². The molecule has 0 spiro atoms. The largest absolute Gasteiger partial charge is 0.507 e. The van der Waals surface area contributed by atoms with E-state index in [2.05, 4.69) is 52.9 Å². The molecule has 4 N–H and O–H groups in total. The Balaban J connectivity index is 0.600. The van der Waals surface area contributed by atoms with Gasteiger partial charge >= 0.3 is 0 Å². The Labute approximate surface area is 445 Å². The van der Waals surface area contributed by atoms with E-state index in [1.54, 1.807) is 60.7 Å². The number of β-amino-alcohol motifs (C(OH)–C–C–N with tert-alkyl or cyclic N) is 1. The van der Waals surface area contributed by atoms with Gasteiger partial charge in [0, 0.05) is 85.4 Å². The SMILES string of the molecule is CC(C)[C@@H](C(=O)N1C[C@H](O)C[C@H]1C(=O)NOc1ccc(-c2ccccc2F)cc1)c1cc(O[C@H]2CC[C@H](N3CCC(c4cnc(N5C6CCC5CN(c5c[nH]c7nnc(-c8ccccc8O)cc57)C6)nc4)CC3)CC2)no1. The maximum Gasteiger partial charge on any atom is 0.275 e. The van der Waals surface area contributed by atoms with Crippen molar-refractivity contribution in [1.29, 1.82) is 0 Å². The van der Waals surface area contributed by atoms with Crippen LogP contribution in [0.5, 0.6) is 17.4 Å². The molecule has 3 aromatic carbocycles. The number of hydroxylamine groups is 1. The number of fused-ring (bicyclic) bond motifs is 3. The number of aliphatic hydroxyl groups is 1. The van der Waals surface area contributed by atoms with Gasteiger partial charge in [-0.1, -0.05) is 56.3 Å². The second kappa shape index (κ2) is 21.4. The molecular formula is C58H64FN11O7. The Bertz CT molecular complexity index is 3200. The lowest BCUT2D eigenvalue weighted by Crippen LogP contribution is -2.54. The number of amides is 2. The van der Waals surface area contributed by atoms with Crippen LogP contribution in [0.2, 0.25) is 0 Å². The van der Waals surface area contributed by atoms with Crippen LogP contribution in [-0.4, -0.2) is 131 Å². The predicted molar refractivity (Wildman–Crippen MR) is 286 cm³/mol. The molecule has 1 saturated carbocycles. The number of nitrogens with one attached hydrogen (secondary N) is 2. The van der Waals surface area contributed by atoms with Crippen LogP contribution in [0.1, 0.15) is 94.8 Å². The molecule has 0 radical (unpaired) electrons. The van der Waals surface area contributed by atoms with Gasteiger partial charge in [-0.3, -0.25) is 9.59 Å². The number of rotatable bonds is 14. The normalized spacial score (nSPS) is 23.4. The number of hydrogen-bond acceptors (Lipinski definition) is 15. The standard InChI is InChI=1S/C58H64FN11O7/c1-34(2)54(57(74)69-33-41(71)25-49(69)56(73)66-76-43-17-11-36(12-18-43)44-7-3-5-9-47(44)59)52-27-53(65-77-52)75-42-19-15-38(16-20-42)67-23-21-35(22-24-67)37-28-61-58(62-29-37)70-39-13-14-40(70)32-68(31-39)50-30-60-55-46(50)26-48(63-64-55)45-8-4-6-10-51(45)72/h3-12,17-18,26-30,34-35,38-42,49,54,71-72H,13-16,19-25,31-33H2,1-2H3,(H,60,64)(H,66,73)/t38-,39?,40?,41-,42-,49+,54-/m1/s1. The predicted octanol–water partition coefficient (Wildman–Crippen LogP) is 8.15. The lowest BCUT2D eigenvalue weighted by Gasteiger charge is -2.42. The molecule has 12 rings (SSSR count). The average molecular weight is 1050 g/mol. The van der Waals surface area contributed by atoms with E-state index in [9.17, 15) is 24.2 Å². The minimum absolute atomic E-state index is 0.0185. The van der Waals surface area contributed by atoms with Crippen LogP contribution >= 0.6 is 0 Å². The Morgan fingerprint density at radius 1 is 0.831 bits per heavy atom. The molecule has 4 aliphatic heterocycles. The monoisotopic (exact) mass is 1050 g/mol. The number of phenolic OH excluding ortho intramolecular Hbond substituents is 1. The third-order valence-corrected chi connectivity index (χ3v) is 16.7. The number of carbonyl (C=O) groups excluding carboxylic acids is 2. The number of aromatic amines is 1. The molecule has 7 aromatic rings. The molecule has 19 heteroatoms. The van der Waals surface area contributed by atoms with Crippen molar-refractivity contribution in [2.45, 2.75) is 120 Å². The molecule has 2 unspecified atom stereocenters. The van der Waals surface area contributed by atoms with Gasteiger partial charge in [0.2, 0.25) is 11.9 Å². The highest BCUT2D eigenvalue weighted by molar-refractivity contribution is 5.93. The van der Waals surface area contributed by atoms with Gasteiger partial charge in [-0.2, -0.15) is 5.48 Å². The number of aliphatic hydroxyl groups excluding tert-OH is 1. The van der Waals surface area contributed by atoms with Crippen LogP contribution in [0, 0.1) is 11.7 Å². The van der Waals surface area contributed by atoms with Crippen molar-refractivity contribution >= 4 is 34.5 Å². The zero-order valence-electron chi connectivity index (χ0n) is 43.2. The summed E-state index contributed by atoms with van der Waals surface area (Å²) >= 11 is 0. The van der Waals surface area contributed by atoms with Crippen LogP contribution in [0.25, 0.3) is 33.4 Å². The zero-order chi connectivity index (χ0) is 52.7. The van der Waals surface area contributed by atoms with Gasteiger partial charge in [-0.15, -0.1) is 10.2 Å². The smallest absolute Gasteiger partial charge is 0.275 e. The number of aromatic nitrogens is 6. The number of phenols is 1. The summed E-state index contributed by atoms with van der Waals surface area (Å²) in [6, 6.07) is 24.1. The van der Waals surface area contributed by atoms with Gasteiger partial charge < -0.3 is 48.9 Å². The lowest BCUT2D eigenvalue weighted by atomic mass is 9.87. The van der Waals surface area contributed by atoms with Crippen LogP contribution in [-0.2, 0) is 9.59 Å². The first kappa shape index (κ1) is 50.2. The fourth-order valence-corrected chi connectivity index (χ4v) is 12.7. The second-order valence-corrected chi connectivity index (χ2v) is 21.8. The molecule has 400 valence electrons. The first-order valence-corrected chi connectivity index (χ1v) is 27.2. The molecule has 5 aliphatic rings. The molecule has 5 atom stereocenters. The molecule has 4 aromatic heterocycles. The van der Waals surface area contributed by atoms with Crippen molar-refractivity contribution in [1.82, 2.24) is 45.6 Å². The first-order valence-electron chi connectivity index (χ1n) is 27.2. The number of anilines is 2. The summed E-state index contributed by atoms with van der Waals surface area (Å²) in [5, 5.41) is 35.2. The number of halogens is 1. The maximum absolute atomic E-state index is 14.3. The molecule has 5 fully saturated rings. The quantitative estimate of drug-likeness (QED) is 0.0757. The van der Waals surface area contributed by atoms with Crippen molar-refractivity contribution in [2.24, 2.45) is 5.92 Å². The zero-order valence-corrected chi connectivity index (χ0v) is 43.2. The highest BCUT2D eigenvalue weighted by atomic mass is 19.1. The molecule has 8 heterocycles. The number of benzene rings is 3. The summed E-state index contributed by atoms with van der Waals surface area (Å²) in [6.07, 6.45) is 13.3. The Kier molecular flexibility index (Phi) is 14.0. The van der Waals surface area contributed by atoms with E-state index >= 15 is 0 Å². The summed E-state index contributed by atoms with van der Waals surface area (Å²) in [4.78, 5) is 55.5. The number of para-hydroxylation sites is 1. The topological polar surface area (TPSA) is 211 Å². The van der Waals surface area contributed by atoms with E-state index in [-0.39, 0.29) is 42.5 Å². The number of ether oxygens (including phenoxy) is 1. The number of nitrogens with zero attached hydrogens (tertiary/aromatic N) is 9. The molecular weight excluding hydrogens is 982 g/mol. The Hall–Kier alpha value is -7.64. The Morgan fingerprint density at radius 3 is 2.25 bits per heavy atom. The van der Waals surface area contributed by atoms with Gasteiger partial charge in [0.1, 0.15) is 29.6 Å². The highest BCUT2D eigenvalue weighted by Gasteiger charge is 2.45. The summed E-state index contributed by atoms with van der Waals surface area (Å²) in [5.41, 5.74) is 7.88. The van der Waals surface area contributed by atoms with Crippen LogP contribution in [0.4, 0.5) is 16.0 Å². The minimum Gasteiger partial charge on any atom is -0.507 e. The van der Waals surface area contributed by atoms with Crippen LogP contribution < -0.4 is 24.9 Å². The van der Waals surface area contributed by atoms with E-state index in [0.29, 0.717) is 63.8 Å². The summed E-state index contributed by atoms with van der Waals surface area (Å²) in [6.45, 7) is 7.55. The molecule has 2 amide bonds. The van der Waals surface area contributed by atoms with Gasteiger partial charge in [0.25, 0.3) is 11.8 Å². The number of H-pyrrole nitrogens is 1. The van der Waals surface area contributed by atoms with Crippen molar-refractivity contribution in [3.8, 4) is 39.8 Å². The lowest BCUT2D eigenvalue weighted by molar-refractivity contribution is -0.143. The molecule has 1 aliphatic carbocycles. The third-order valence-electron chi connectivity index (χ3n) is 16.7. The summed E-state index contributed by atoms with van der Waals surface area (Å²) in [7, 11) is 0. The van der Waals surface area contributed by atoms with E-state index in [0.717, 1.165) is 100 Å². The highest BCUT2D eigenvalue weighted by Crippen LogP contribution is 2.40. The maximum atomic E-state index is 14.3. The number of piperidine rings is 1. The van der Waals surface area contributed by atoms with Crippen molar-refractivity contribution in [3.05, 3.63) is 121 Å². The molecule has 2 bridgehead atoms. The van der Waals surface area contributed by atoms with E-state index < -0.39 is 24.0 Å². The number of hydrogen-bond donors (Lipinski definition) is 4. The van der Waals surface area contributed by atoms with E-state index in [1.807, 2.05) is 38.2 Å². The van der Waals surface area contributed by atoms with Crippen molar-refractivity contribution in [2.75, 3.05) is 42.5 Å². The fraction of sp³-hybridized carbons (Fsp3) is 0.431. The summed E-state index contributed by atoms with van der Waals surface area (Å²) < 4.78 is 26.5. The van der Waals surface area contributed by atoms with Gasteiger partial charge in [-0.05, 0) is 129 Å². The fourth-order valence-electron chi connectivity index (χ4n) is 12.7. The second-order valence-electron chi connectivity index (χ2n) is 21.8. The van der Waals surface area contributed by atoms with Gasteiger partial charge in [0.15, 0.2) is 17.2 Å². The number of aromatic hydroxyl groups is 1. The molecule has 77 heavy (non-hydrogen) atoms. The third kappa shape index (κ3) is 10.3.